The van der Waals surface area contributed by atoms with E-state index in [1.165, 1.54) is 6.42 Å². The van der Waals surface area contributed by atoms with Crippen molar-refractivity contribution in [1.82, 2.24) is 0 Å². The lowest BCUT2D eigenvalue weighted by molar-refractivity contribution is -0.109. The molecule has 2 nitrogen and oxygen atoms in total. The van der Waals surface area contributed by atoms with Crippen molar-refractivity contribution in [1.29, 1.82) is 0 Å². The number of hydrogen-bond acceptors (Lipinski definition) is 2. The van der Waals surface area contributed by atoms with Crippen molar-refractivity contribution in [2.75, 3.05) is 0 Å². The molecule has 0 aliphatic heterocycles. The van der Waals surface area contributed by atoms with E-state index in [4.69, 9.17) is 0 Å². The van der Waals surface area contributed by atoms with Crippen molar-refractivity contribution in [3.8, 4) is 0 Å². The minimum atomic E-state index is 0.155. The molecule has 0 N–H and O–H groups in total. The zero-order valence-electron chi connectivity index (χ0n) is 14.8. The Morgan fingerprint density at radius 2 is 1.87 bits per heavy atom. The standard InChI is InChI=1S/C19H24O2.C2H6/c1-19-12-5-8-16(17(19)10-9-15(19)11-13-20)18(21)14-6-3-2-4-7-14;1-2/h2-4,6-7,13,15-17H,5,8-12H2,1H3;1-2H3/t15?,16-,17?,19+;/m0./s1. The van der Waals surface area contributed by atoms with Gasteiger partial charge in [0.05, 0.1) is 0 Å². The summed E-state index contributed by atoms with van der Waals surface area (Å²) in [7, 11) is 0. The molecule has 2 aliphatic rings. The van der Waals surface area contributed by atoms with Crippen LogP contribution in [-0.4, -0.2) is 12.1 Å². The van der Waals surface area contributed by atoms with Gasteiger partial charge < -0.3 is 4.79 Å². The van der Waals surface area contributed by atoms with Gasteiger partial charge in [-0.2, -0.15) is 0 Å². The predicted molar refractivity (Wildman–Crippen MR) is 94.5 cm³/mol. The summed E-state index contributed by atoms with van der Waals surface area (Å²) in [4.78, 5) is 23.8. The molecular weight excluding hydrogens is 284 g/mol. The van der Waals surface area contributed by atoms with Crippen molar-refractivity contribution in [3.05, 3.63) is 35.9 Å². The molecule has 23 heavy (non-hydrogen) atoms. The minimum Gasteiger partial charge on any atom is -0.303 e. The molecule has 2 saturated carbocycles. The second-order valence-corrected chi connectivity index (χ2v) is 7.02. The van der Waals surface area contributed by atoms with Crippen LogP contribution in [0.5, 0.6) is 0 Å². The molecule has 2 fully saturated rings. The van der Waals surface area contributed by atoms with Crippen molar-refractivity contribution in [3.63, 3.8) is 0 Å². The molecule has 3 rings (SSSR count). The summed E-state index contributed by atoms with van der Waals surface area (Å²) >= 11 is 0. The fraction of sp³-hybridized carbons (Fsp3) is 0.619. The number of benzene rings is 1. The molecule has 2 aliphatic carbocycles. The summed E-state index contributed by atoms with van der Waals surface area (Å²) in [5.74, 6) is 1.41. The average Bonchev–Trinajstić information content (AvgIpc) is 2.94. The van der Waals surface area contributed by atoms with E-state index in [1.807, 2.05) is 44.2 Å². The Morgan fingerprint density at radius 1 is 1.17 bits per heavy atom. The average molecular weight is 314 g/mol. The van der Waals surface area contributed by atoms with E-state index in [1.54, 1.807) is 0 Å². The van der Waals surface area contributed by atoms with Crippen LogP contribution in [0.2, 0.25) is 0 Å². The first kappa shape index (κ1) is 17.9. The predicted octanol–water partition coefficient (Wildman–Crippen LogP) is 5.32. The van der Waals surface area contributed by atoms with E-state index in [0.29, 0.717) is 24.0 Å². The Morgan fingerprint density at radius 3 is 2.52 bits per heavy atom. The number of aldehydes is 1. The van der Waals surface area contributed by atoms with Gasteiger partial charge in [-0.3, -0.25) is 4.79 Å². The van der Waals surface area contributed by atoms with Gasteiger partial charge in [-0.15, -0.1) is 0 Å². The van der Waals surface area contributed by atoms with Gasteiger partial charge in [-0.1, -0.05) is 57.5 Å². The summed E-state index contributed by atoms with van der Waals surface area (Å²) in [5, 5.41) is 0. The Bertz CT molecular complexity index is 522. The van der Waals surface area contributed by atoms with Crippen LogP contribution in [0.3, 0.4) is 0 Å². The summed E-state index contributed by atoms with van der Waals surface area (Å²) in [6.45, 7) is 6.32. The van der Waals surface area contributed by atoms with E-state index in [-0.39, 0.29) is 11.3 Å². The zero-order valence-corrected chi connectivity index (χ0v) is 14.8. The van der Waals surface area contributed by atoms with Gasteiger partial charge in [0.15, 0.2) is 5.78 Å². The van der Waals surface area contributed by atoms with Gasteiger partial charge in [0, 0.05) is 17.9 Å². The van der Waals surface area contributed by atoms with Crippen molar-refractivity contribution < 1.29 is 9.59 Å². The molecule has 0 saturated heterocycles. The quantitative estimate of drug-likeness (QED) is 0.557. The van der Waals surface area contributed by atoms with Gasteiger partial charge >= 0.3 is 0 Å². The zero-order chi connectivity index (χ0) is 16.9. The maximum absolute atomic E-state index is 12.9. The maximum Gasteiger partial charge on any atom is 0.166 e. The van der Waals surface area contributed by atoms with E-state index >= 15 is 0 Å². The van der Waals surface area contributed by atoms with Crippen molar-refractivity contribution >= 4 is 12.1 Å². The summed E-state index contributed by atoms with van der Waals surface area (Å²) < 4.78 is 0. The lowest BCUT2D eigenvalue weighted by atomic mass is 9.59. The second kappa shape index (κ2) is 7.90. The monoisotopic (exact) mass is 314 g/mol. The smallest absolute Gasteiger partial charge is 0.166 e. The molecule has 0 heterocycles. The van der Waals surface area contributed by atoms with Crippen LogP contribution in [0, 0.1) is 23.2 Å². The third kappa shape index (κ3) is 3.41. The first-order chi connectivity index (χ1) is 11.2. The molecule has 0 bridgehead atoms. The van der Waals surface area contributed by atoms with Crippen LogP contribution in [0.4, 0.5) is 0 Å². The molecule has 0 amide bonds. The van der Waals surface area contributed by atoms with Crippen LogP contribution in [0.25, 0.3) is 0 Å². The van der Waals surface area contributed by atoms with Gasteiger partial charge in [0.1, 0.15) is 6.29 Å². The fourth-order valence-corrected chi connectivity index (χ4v) is 4.93. The molecule has 0 radical (unpaired) electrons. The highest BCUT2D eigenvalue weighted by Crippen LogP contribution is 2.58. The van der Waals surface area contributed by atoms with Crippen LogP contribution in [0.15, 0.2) is 30.3 Å². The fourth-order valence-electron chi connectivity index (χ4n) is 4.93. The number of Topliss-reactive ketones (excluding diaryl/α,β-unsaturated/α-hetero) is 1. The topological polar surface area (TPSA) is 34.1 Å². The molecule has 1 aromatic rings. The van der Waals surface area contributed by atoms with Crippen LogP contribution < -0.4 is 0 Å². The second-order valence-electron chi connectivity index (χ2n) is 7.02. The number of ketones is 1. The van der Waals surface area contributed by atoms with E-state index < -0.39 is 0 Å². The third-order valence-corrected chi connectivity index (χ3v) is 6.10. The van der Waals surface area contributed by atoms with Crippen LogP contribution in [-0.2, 0) is 4.79 Å². The Balaban J connectivity index is 0.000000924. The van der Waals surface area contributed by atoms with Crippen LogP contribution in [0.1, 0.15) is 69.7 Å². The first-order valence-corrected chi connectivity index (χ1v) is 9.19. The normalized spacial score (nSPS) is 32.4. The highest BCUT2D eigenvalue weighted by Gasteiger charge is 2.52. The molecule has 0 aromatic heterocycles. The molecule has 126 valence electrons. The van der Waals surface area contributed by atoms with Gasteiger partial charge in [-0.25, -0.2) is 0 Å². The largest absolute Gasteiger partial charge is 0.303 e. The lowest BCUT2D eigenvalue weighted by Crippen LogP contribution is -2.40. The minimum absolute atomic E-state index is 0.155. The van der Waals surface area contributed by atoms with Crippen molar-refractivity contribution in [2.24, 2.45) is 23.2 Å². The van der Waals surface area contributed by atoms with Gasteiger partial charge in [-0.05, 0) is 42.9 Å². The van der Waals surface area contributed by atoms with Gasteiger partial charge in [0.25, 0.3) is 0 Å². The SMILES string of the molecule is CC.C[C@]12CCC[C@H](C(=O)c3ccccc3)C1CCC2CC=O. The molecule has 4 atom stereocenters. The number of hydrogen-bond donors (Lipinski definition) is 0. The molecule has 0 spiro atoms. The van der Waals surface area contributed by atoms with Crippen LogP contribution >= 0.6 is 0 Å². The Kier molecular flexibility index (Phi) is 6.15. The number of carbonyl (C=O) groups is 2. The lowest BCUT2D eigenvalue weighted by Gasteiger charge is -2.44. The Hall–Kier alpha value is -1.44. The Labute approximate surface area is 140 Å². The highest BCUT2D eigenvalue weighted by atomic mass is 16.1. The number of fused-ring (bicyclic) bond motifs is 1. The molecule has 2 heteroatoms. The summed E-state index contributed by atoms with van der Waals surface area (Å²) in [6, 6.07) is 9.72. The third-order valence-electron chi connectivity index (χ3n) is 6.10. The van der Waals surface area contributed by atoms with Crippen molar-refractivity contribution in [2.45, 2.75) is 59.3 Å². The highest BCUT2D eigenvalue weighted by molar-refractivity contribution is 5.98. The number of rotatable bonds is 4. The number of carbonyl (C=O) groups excluding carboxylic acids is 2. The molecular formula is C21H30O2. The molecule has 1 aromatic carbocycles. The van der Waals surface area contributed by atoms with Gasteiger partial charge in [0.2, 0.25) is 0 Å². The molecule has 2 unspecified atom stereocenters. The first-order valence-electron chi connectivity index (χ1n) is 9.19. The van der Waals surface area contributed by atoms with E-state index in [2.05, 4.69) is 6.92 Å². The summed E-state index contributed by atoms with van der Waals surface area (Å²) in [6.07, 6.45) is 7.26. The van der Waals surface area contributed by atoms with E-state index in [9.17, 15) is 9.59 Å². The van der Waals surface area contributed by atoms with E-state index in [0.717, 1.165) is 37.5 Å². The maximum atomic E-state index is 12.9. The summed E-state index contributed by atoms with van der Waals surface area (Å²) in [5.41, 5.74) is 1.04.